The van der Waals surface area contributed by atoms with Crippen LogP contribution in [0.25, 0.3) is 10.9 Å². The average molecular weight is 340 g/mol. The summed E-state index contributed by atoms with van der Waals surface area (Å²) in [5.74, 6) is -0.00248. The fourth-order valence-corrected chi connectivity index (χ4v) is 3.12. The third kappa shape index (κ3) is 3.09. The van der Waals surface area contributed by atoms with Gasteiger partial charge in [-0.3, -0.25) is 4.79 Å². The third-order valence-electron chi connectivity index (χ3n) is 4.25. The van der Waals surface area contributed by atoms with Crippen LogP contribution in [0.2, 0.25) is 0 Å². The third-order valence-corrected chi connectivity index (χ3v) is 4.25. The number of para-hydroxylation sites is 1. The molecule has 0 saturated carbocycles. The predicted octanol–water partition coefficient (Wildman–Crippen LogP) is 4.76. The highest BCUT2D eigenvalue weighted by molar-refractivity contribution is 6.08. The number of halogens is 1. The molecule has 0 fully saturated rings. The highest BCUT2D eigenvalue weighted by atomic mass is 19.1. The first kappa shape index (κ1) is 17.0. The Morgan fingerprint density at radius 2 is 1.96 bits per heavy atom. The van der Waals surface area contributed by atoms with E-state index in [1.165, 1.54) is 6.07 Å². The van der Waals surface area contributed by atoms with Gasteiger partial charge in [0.05, 0.1) is 12.3 Å². The maximum atomic E-state index is 13.9. The lowest BCUT2D eigenvalue weighted by Gasteiger charge is -2.10. The van der Waals surface area contributed by atoms with Crippen molar-refractivity contribution in [3.05, 3.63) is 59.5 Å². The molecule has 0 radical (unpaired) electrons. The normalized spacial score (nSPS) is 10.9. The number of anilines is 1. The first-order valence-electron chi connectivity index (χ1n) is 8.38. The smallest absolute Gasteiger partial charge is 0.272 e. The van der Waals surface area contributed by atoms with Gasteiger partial charge < -0.3 is 14.6 Å². The van der Waals surface area contributed by atoms with Gasteiger partial charge in [-0.05, 0) is 56.7 Å². The Morgan fingerprint density at radius 3 is 2.64 bits per heavy atom. The summed E-state index contributed by atoms with van der Waals surface area (Å²) in [5.41, 5.74) is 2.53. The molecule has 0 aliphatic carbocycles. The Kier molecular flexibility index (Phi) is 4.74. The topological polar surface area (TPSA) is 43.3 Å². The molecule has 3 aromatic rings. The van der Waals surface area contributed by atoms with Crippen molar-refractivity contribution in [3.8, 4) is 5.75 Å². The van der Waals surface area contributed by atoms with Crippen LogP contribution in [0, 0.1) is 12.7 Å². The molecule has 0 saturated heterocycles. The van der Waals surface area contributed by atoms with Gasteiger partial charge in [-0.1, -0.05) is 12.1 Å². The molecule has 1 heterocycles. The summed E-state index contributed by atoms with van der Waals surface area (Å²) in [7, 11) is 0. The average Bonchev–Trinajstić information content (AvgIpc) is 2.89. The van der Waals surface area contributed by atoms with Crippen LogP contribution in [-0.2, 0) is 6.54 Å². The summed E-state index contributed by atoms with van der Waals surface area (Å²) in [5, 5.41) is 3.64. The van der Waals surface area contributed by atoms with Crippen molar-refractivity contribution >= 4 is 22.5 Å². The molecule has 25 heavy (non-hydrogen) atoms. The molecule has 1 N–H and O–H groups in total. The number of hydrogen-bond donors (Lipinski definition) is 1. The van der Waals surface area contributed by atoms with Gasteiger partial charge in [-0.15, -0.1) is 0 Å². The zero-order chi connectivity index (χ0) is 18.0. The minimum atomic E-state index is -0.453. The highest BCUT2D eigenvalue weighted by Gasteiger charge is 2.20. The molecule has 0 spiro atoms. The first-order chi connectivity index (χ1) is 12.1. The molecule has 0 aliphatic rings. The highest BCUT2D eigenvalue weighted by Crippen LogP contribution is 2.30. The minimum Gasteiger partial charge on any atom is -0.494 e. The number of fused-ring (bicyclic) bond motifs is 1. The van der Waals surface area contributed by atoms with Gasteiger partial charge in [0.2, 0.25) is 0 Å². The van der Waals surface area contributed by atoms with Gasteiger partial charge in [0, 0.05) is 17.4 Å². The largest absolute Gasteiger partial charge is 0.494 e. The second-order valence-corrected chi connectivity index (χ2v) is 5.76. The monoisotopic (exact) mass is 340 g/mol. The van der Waals surface area contributed by atoms with Crippen molar-refractivity contribution in [1.82, 2.24) is 4.57 Å². The van der Waals surface area contributed by atoms with Crippen LogP contribution in [0.1, 0.15) is 29.9 Å². The van der Waals surface area contributed by atoms with E-state index in [4.69, 9.17) is 4.74 Å². The molecular formula is C20H21FN2O2. The Labute approximate surface area is 146 Å². The molecule has 5 heteroatoms. The number of rotatable bonds is 5. The fraction of sp³-hybridized carbons (Fsp3) is 0.250. The van der Waals surface area contributed by atoms with Crippen LogP contribution in [0.4, 0.5) is 10.1 Å². The molecule has 0 bridgehead atoms. The molecule has 1 amide bonds. The number of benzene rings is 2. The van der Waals surface area contributed by atoms with Gasteiger partial charge in [0.1, 0.15) is 17.3 Å². The lowest BCUT2D eigenvalue weighted by atomic mass is 10.1. The van der Waals surface area contributed by atoms with Crippen molar-refractivity contribution in [3.63, 3.8) is 0 Å². The SMILES string of the molecule is CCOc1ccc2c(c1)c(C)c(C(=O)Nc1ccccc1F)n2CC. The van der Waals surface area contributed by atoms with Crippen molar-refractivity contribution in [1.29, 1.82) is 0 Å². The molecule has 2 aromatic carbocycles. The van der Waals surface area contributed by atoms with E-state index in [-0.39, 0.29) is 11.6 Å². The zero-order valence-electron chi connectivity index (χ0n) is 14.6. The van der Waals surface area contributed by atoms with Gasteiger partial charge >= 0.3 is 0 Å². The summed E-state index contributed by atoms with van der Waals surface area (Å²) < 4.78 is 21.4. The van der Waals surface area contributed by atoms with E-state index in [1.807, 2.05) is 43.5 Å². The van der Waals surface area contributed by atoms with E-state index < -0.39 is 5.82 Å². The summed E-state index contributed by atoms with van der Waals surface area (Å²) >= 11 is 0. The van der Waals surface area contributed by atoms with Gasteiger partial charge in [0.15, 0.2) is 0 Å². The standard InChI is InChI=1S/C20H21FN2O2/c1-4-23-18-11-10-14(25-5-2)12-15(18)13(3)19(23)20(24)22-17-9-7-6-8-16(17)21/h6-12H,4-5H2,1-3H3,(H,22,24). The van der Waals surface area contributed by atoms with Crippen molar-refractivity contribution in [2.24, 2.45) is 0 Å². The van der Waals surface area contributed by atoms with Crippen molar-refractivity contribution in [2.75, 3.05) is 11.9 Å². The summed E-state index contributed by atoms with van der Waals surface area (Å²) in [6.07, 6.45) is 0. The second kappa shape index (κ2) is 6.97. The maximum absolute atomic E-state index is 13.9. The van der Waals surface area contributed by atoms with Crippen LogP contribution in [0.3, 0.4) is 0 Å². The molecule has 1 aromatic heterocycles. The Morgan fingerprint density at radius 1 is 1.20 bits per heavy atom. The number of hydrogen-bond acceptors (Lipinski definition) is 2. The number of aromatic nitrogens is 1. The fourth-order valence-electron chi connectivity index (χ4n) is 3.12. The summed E-state index contributed by atoms with van der Waals surface area (Å²) in [6.45, 7) is 7.04. The van der Waals surface area contributed by atoms with Crippen molar-refractivity contribution < 1.29 is 13.9 Å². The molecule has 3 rings (SSSR count). The lowest BCUT2D eigenvalue weighted by Crippen LogP contribution is -2.18. The quantitative estimate of drug-likeness (QED) is 0.728. The Hall–Kier alpha value is -2.82. The number of carbonyl (C=O) groups excluding carboxylic acids is 1. The van der Waals surface area contributed by atoms with Crippen LogP contribution in [0.5, 0.6) is 5.75 Å². The first-order valence-corrected chi connectivity index (χ1v) is 8.38. The minimum absolute atomic E-state index is 0.176. The van der Waals surface area contributed by atoms with E-state index >= 15 is 0 Å². The summed E-state index contributed by atoms with van der Waals surface area (Å²) in [4.78, 5) is 12.8. The molecule has 130 valence electrons. The van der Waals surface area contributed by atoms with E-state index in [0.717, 1.165) is 22.2 Å². The molecule has 4 nitrogen and oxygen atoms in total. The second-order valence-electron chi connectivity index (χ2n) is 5.76. The Balaban J connectivity index is 2.07. The van der Waals surface area contributed by atoms with Crippen molar-refractivity contribution in [2.45, 2.75) is 27.3 Å². The number of aryl methyl sites for hydroxylation is 2. The van der Waals surface area contributed by atoms with E-state index in [1.54, 1.807) is 18.2 Å². The van der Waals surface area contributed by atoms with Gasteiger partial charge in [-0.2, -0.15) is 0 Å². The van der Waals surface area contributed by atoms with E-state index in [9.17, 15) is 9.18 Å². The number of carbonyl (C=O) groups is 1. The number of ether oxygens (including phenoxy) is 1. The number of nitrogens with zero attached hydrogens (tertiary/aromatic N) is 1. The van der Waals surface area contributed by atoms with Crippen LogP contribution >= 0.6 is 0 Å². The Bertz CT molecular complexity index is 931. The van der Waals surface area contributed by atoms with E-state index in [0.29, 0.717) is 18.8 Å². The van der Waals surface area contributed by atoms with E-state index in [2.05, 4.69) is 5.32 Å². The molecular weight excluding hydrogens is 319 g/mol. The number of nitrogens with one attached hydrogen (secondary N) is 1. The molecule has 0 atom stereocenters. The van der Waals surface area contributed by atoms with Crippen LogP contribution in [0.15, 0.2) is 42.5 Å². The molecule has 0 unspecified atom stereocenters. The number of amides is 1. The van der Waals surface area contributed by atoms with Gasteiger partial charge in [0.25, 0.3) is 5.91 Å². The van der Waals surface area contributed by atoms with Crippen LogP contribution in [-0.4, -0.2) is 17.1 Å². The summed E-state index contributed by atoms with van der Waals surface area (Å²) in [6, 6.07) is 12.0. The maximum Gasteiger partial charge on any atom is 0.272 e. The molecule has 0 aliphatic heterocycles. The zero-order valence-corrected chi connectivity index (χ0v) is 14.6. The van der Waals surface area contributed by atoms with Gasteiger partial charge in [-0.25, -0.2) is 4.39 Å². The predicted molar refractivity (Wildman–Crippen MR) is 97.9 cm³/mol. The van der Waals surface area contributed by atoms with Crippen LogP contribution < -0.4 is 10.1 Å². The lowest BCUT2D eigenvalue weighted by molar-refractivity contribution is 0.101.